The SMILES string of the molecule is C=CCOC(=O)N[C@H](C(=O)N[C@@H](C)C(=O)Nc1ccc(COC(=O)N2c3cc(OCCCCCOc4cc5c(cc4OC)C(=O)N4c6ccccc6C[C@H]4C(O)N5C(=O)OCC=C)c(OC)cc3C(=O)N3c4ccccc4C[C@H]3C2O)cc1)C(C)C. The Bertz CT molecular complexity index is 3410. The van der Waals surface area contributed by atoms with Gasteiger partial charge in [0.25, 0.3) is 11.8 Å². The Labute approximate surface area is 497 Å². The molecule has 0 bridgehead atoms. The summed E-state index contributed by atoms with van der Waals surface area (Å²) in [5.74, 6) is -1.54. The van der Waals surface area contributed by atoms with Crippen molar-refractivity contribution in [3.8, 4) is 23.0 Å². The van der Waals surface area contributed by atoms with Crippen molar-refractivity contribution in [1.29, 1.82) is 0 Å². The smallest absolute Gasteiger partial charge is 0.416 e. The first-order chi connectivity index (χ1) is 41.5. The van der Waals surface area contributed by atoms with Gasteiger partial charge in [-0.25, -0.2) is 24.2 Å². The Morgan fingerprint density at radius 3 is 1.58 bits per heavy atom. The summed E-state index contributed by atoms with van der Waals surface area (Å²) in [6, 6.07) is 23.2. The van der Waals surface area contributed by atoms with Gasteiger partial charge in [-0.3, -0.25) is 19.2 Å². The number of nitrogens with one attached hydrogen (secondary N) is 3. The van der Waals surface area contributed by atoms with Crippen molar-refractivity contribution < 1.29 is 76.9 Å². The Morgan fingerprint density at radius 1 is 0.605 bits per heavy atom. The third kappa shape index (κ3) is 12.7. The number of amides is 7. The lowest BCUT2D eigenvalue weighted by Gasteiger charge is -2.32. The zero-order valence-corrected chi connectivity index (χ0v) is 48.3. The lowest BCUT2D eigenvalue weighted by atomic mass is 10.0. The molecule has 0 radical (unpaired) electrons. The van der Waals surface area contributed by atoms with E-state index in [0.717, 1.165) is 20.9 Å². The van der Waals surface area contributed by atoms with E-state index in [0.29, 0.717) is 48.3 Å². The first-order valence-electron chi connectivity index (χ1n) is 28.1. The van der Waals surface area contributed by atoms with Gasteiger partial charge in [0.1, 0.15) is 31.9 Å². The van der Waals surface area contributed by atoms with Crippen molar-refractivity contribution in [3.05, 3.63) is 150 Å². The molecule has 0 saturated heterocycles. The van der Waals surface area contributed by atoms with E-state index >= 15 is 0 Å². The maximum atomic E-state index is 14.7. The number of nitrogens with zero attached hydrogens (tertiary/aromatic N) is 4. The second kappa shape index (κ2) is 27.0. The standard InChI is InChI=1S/C63H69N7O16/c1-8-25-84-61(77)66-54(36(3)4)56(72)64-37(5)55(71)65-41-23-21-38(22-24-41)35-86-63(79)70-47-34-53(51(81-7)32-43(47)58(74)68-45-20-14-12-18-40(45)30-49(68)60(70)76)83-28-16-10-15-27-82-52-33-46-42(31-50(52)80-6)57(73)67-44-19-13-11-17-39(44)29-48(67)59(75)69(46)62(78)85-26-9-2/h8-9,11-14,17-24,31-34,36-37,48-49,54,59-60,75-76H,1-2,10,15-16,25-30,35H2,3-7H3,(H,64,72)(H,65,71)(H,66,77)/t37-,48-,49-,54-,59?,60?/m0/s1. The fraction of sp³-hybridized carbons (Fsp3) is 0.349. The topological polar surface area (TPSA) is 274 Å². The number of hydrogen-bond donors (Lipinski definition) is 5. The monoisotopic (exact) mass is 1180 g/mol. The van der Waals surface area contributed by atoms with Gasteiger partial charge in [0.05, 0.1) is 62.0 Å². The maximum Gasteiger partial charge on any atom is 0.416 e. The lowest BCUT2D eigenvalue weighted by Crippen LogP contribution is -2.53. The van der Waals surface area contributed by atoms with Crippen LogP contribution in [0.4, 0.5) is 42.8 Å². The zero-order chi connectivity index (χ0) is 61.3. The minimum atomic E-state index is -1.59. The summed E-state index contributed by atoms with van der Waals surface area (Å²) >= 11 is 0. The lowest BCUT2D eigenvalue weighted by molar-refractivity contribution is -0.128. The van der Waals surface area contributed by atoms with E-state index in [4.69, 9.17) is 33.2 Å². The number of aliphatic hydroxyl groups is 2. The van der Waals surface area contributed by atoms with Crippen LogP contribution in [0.25, 0.3) is 0 Å². The molecular formula is C63H69N7O16. The molecule has 86 heavy (non-hydrogen) atoms. The number of methoxy groups -OCH3 is 2. The molecule has 5 N–H and O–H groups in total. The van der Waals surface area contributed by atoms with E-state index in [1.165, 1.54) is 67.4 Å². The number of anilines is 5. The molecule has 5 aromatic rings. The van der Waals surface area contributed by atoms with Crippen LogP contribution in [0.2, 0.25) is 0 Å². The van der Waals surface area contributed by atoms with Crippen LogP contribution in [-0.4, -0.2) is 129 Å². The Balaban J connectivity index is 0.855. The minimum absolute atomic E-state index is 0.0210. The third-order valence-electron chi connectivity index (χ3n) is 15.1. The van der Waals surface area contributed by atoms with Crippen LogP contribution in [0.5, 0.6) is 23.0 Å². The van der Waals surface area contributed by atoms with E-state index in [2.05, 4.69) is 29.1 Å². The maximum absolute atomic E-state index is 14.7. The Morgan fingerprint density at radius 2 is 1.09 bits per heavy atom. The van der Waals surface area contributed by atoms with Crippen LogP contribution >= 0.6 is 0 Å². The highest BCUT2D eigenvalue weighted by molar-refractivity contribution is 6.16. The normalized spacial score (nSPS) is 17.8. The number of fused-ring (bicyclic) bond motifs is 8. The van der Waals surface area contributed by atoms with Gasteiger partial charge in [0.15, 0.2) is 35.5 Å². The van der Waals surface area contributed by atoms with E-state index < -0.39 is 78.5 Å². The van der Waals surface area contributed by atoms with Gasteiger partial charge in [-0.15, -0.1) is 0 Å². The van der Waals surface area contributed by atoms with Crippen LogP contribution < -0.4 is 54.5 Å². The fourth-order valence-electron chi connectivity index (χ4n) is 10.8. The Hall–Kier alpha value is -9.61. The molecule has 0 aromatic heterocycles. The molecule has 0 spiro atoms. The second-order valence-corrected chi connectivity index (χ2v) is 21.1. The predicted molar refractivity (Wildman–Crippen MR) is 317 cm³/mol. The number of ether oxygens (including phenoxy) is 7. The molecule has 4 heterocycles. The first-order valence-corrected chi connectivity index (χ1v) is 28.1. The molecule has 5 aromatic carbocycles. The summed E-state index contributed by atoms with van der Waals surface area (Å²) in [7, 11) is 2.86. The van der Waals surface area contributed by atoms with E-state index in [-0.39, 0.29) is 90.9 Å². The van der Waals surface area contributed by atoms with Crippen molar-refractivity contribution in [2.24, 2.45) is 5.92 Å². The van der Waals surface area contributed by atoms with Crippen molar-refractivity contribution >= 4 is 70.3 Å². The average Bonchev–Trinajstić information content (AvgIpc) is 3.55. The molecule has 23 heteroatoms. The van der Waals surface area contributed by atoms with Crippen molar-refractivity contribution in [2.45, 2.75) is 96.1 Å². The first kappa shape index (κ1) is 61.0. The molecule has 452 valence electrons. The molecule has 6 atom stereocenters. The van der Waals surface area contributed by atoms with Gasteiger partial charge in [-0.1, -0.05) is 87.7 Å². The highest BCUT2D eigenvalue weighted by atomic mass is 16.6. The summed E-state index contributed by atoms with van der Waals surface area (Å²) in [6.07, 6.45) is -0.808. The molecule has 4 aliphatic heterocycles. The number of aliphatic hydroxyl groups excluding tert-OH is 2. The van der Waals surface area contributed by atoms with Gasteiger partial charge >= 0.3 is 18.3 Å². The van der Waals surface area contributed by atoms with Gasteiger partial charge in [0.2, 0.25) is 11.8 Å². The molecular weight excluding hydrogens is 1110 g/mol. The van der Waals surface area contributed by atoms with Crippen molar-refractivity contribution in [2.75, 3.05) is 65.6 Å². The number of rotatable bonds is 22. The third-order valence-corrected chi connectivity index (χ3v) is 15.1. The van der Waals surface area contributed by atoms with E-state index in [9.17, 15) is 43.8 Å². The molecule has 2 unspecified atom stereocenters. The summed E-state index contributed by atoms with van der Waals surface area (Å²) < 4.78 is 40.2. The highest BCUT2D eigenvalue weighted by Crippen LogP contribution is 2.46. The molecule has 9 rings (SSSR count). The quantitative estimate of drug-likeness (QED) is 0.0251. The summed E-state index contributed by atoms with van der Waals surface area (Å²) in [6.45, 7) is 12.0. The van der Waals surface area contributed by atoms with Gasteiger partial charge < -0.3 is 69.1 Å². The number of unbranched alkanes of at least 4 members (excludes halogenated alkanes) is 2. The molecule has 0 aliphatic carbocycles. The van der Waals surface area contributed by atoms with Crippen LogP contribution in [-0.2, 0) is 43.2 Å². The summed E-state index contributed by atoms with van der Waals surface area (Å²) in [4.78, 5) is 101. The average molecular weight is 1180 g/mol. The number of benzene rings is 5. The Kier molecular flexibility index (Phi) is 19.1. The van der Waals surface area contributed by atoms with Gasteiger partial charge in [-0.05, 0) is 98.0 Å². The molecule has 7 amide bonds. The largest absolute Gasteiger partial charge is 0.493 e. The molecule has 23 nitrogen and oxygen atoms in total. The van der Waals surface area contributed by atoms with Crippen molar-refractivity contribution in [1.82, 2.24) is 10.6 Å². The summed E-state index contributed by atoms with van der Waals surface area (Å²) in [5, 5.41) is 31.9. The van der Waals surface area contributed by atoms with Gasteiger partial charge in [-0.2, -0.15) is 0 Å². The van der Waals surface area contributed by atoms with Crippen LogP contribution in [0.1, 0.15) is 77.4 Å². The van der Waals surface area contributed by atoms with Crippen LogP contribution in [0, 0.1) is 5.92 Å². The fourth-order valence-corrected chi connectivity index (χ4v) is 10.8. The highest BCUT2D eigenvalue weighted by Gasteiger charge is 2.49. The summed E-state index contributed by atoms with van der Waals surface area (Å²) in [5.41, 5.74) is 3.99. The number of hydrogen-bond acceptors (Lipinski definition) is 16. The van der Waals surface area contributed by atoms with Crippen LogP contribution in [0.3, 0.4) is 0 Å². The minimum Gasteiger partial charge on any atom is -0.493 e. The second-order valence-electron chi connectivity index (χ2n) is 21.1. The van der Waals surface area contributed by atoms with Gasteiger partial charge in [0, 0.05) is 29.2 Å². The van der Waals surface area contributed by atoms with Crippen LogP contribution in [0.15, 0.2) is 122 Å². The number of carbonyl (C=O) groups excluding carboxylic acids is 7. The zero-order valence-electron chi connectivity index (χ0n) is 48.3. The van der Waals surface area contributed by atoms with Crippen molar-refractivity contribution in [3.63, 3.8) is 0 Å². The number of alkyl carbamates (subject to hydrolysis) is 1. The van der Waals surface area contributed by atoms with E-state index in [1.54, 1.807) is 62.4 Å². The molecule has 4 aliphatic rings. The number of para-hydroxylation sites is 2. The number of carbonyl (C=O) groups is 7. The molecule has 0 saturated carbocycles. The predicted octanol–water partition coefficient (Wildman–Crippen LogP) is 7.79. The molecule has 0 fully saturated rings. The van der Waals surface area contributed by atoms with E-state index in [1.807, 2.05) is 24.3 Å².